The summed E-state index contributed by atoms with van der Waals surface area (Å²) in [6.07, 6.45) is 5.05. The van der Waals surface area contributed by atoms with Crippen LogP contribution >= 0.6 is 0 Å². The molecular formula is C13H21NO4. The lowest BCUT2D eigenvalue weighted by Crippen LogP contribution is -2.47. The van der Waals surface area contributed by atoms with Gasteiger partial charge in [-0.3, -0.25) is 9.59 Å². The zero-order chi connectivity index (χ0) is 13.0. The van der Waals surface area contributed by atoms with Gasteiger partial charge in [0.1, 0.15) is 0 Å². The largest absolute Gasteiger partial charge is 0.481 e. The predicted octanol–water partition coefficient (Wildman–Crippen LogP) is 1.17. The minimum absolute atomic E-state index is 0.0274. The van der Waals surface area contributed by atoms with Gasteiger partial charge in [0.05, 0.1) is 5.41 Å². The molecule has 1 heterocycles. The van der Waals surface area contributed by atoms with Crippen molar-refractivity contribution < 1.29 is 19.4 Å². The van der Waals surface area contributed by atoms with Crippen LogP contribution < -0.4 is 5.32 Å². The molecule has 18 heavy (non-hydrogen) atoms. The lowest BCUT2D eigenvalue weighted by Gasteiger charge is -2.33. The second kappa shape index (κ2) is 5.69. The molecule has 1 saturated heterocycles. The Hall–Kier alpha value is -1.10. The molecule has 2 N–H and O–H groups in total. The van der Waals surface area contributed by atoms with Crippen molar-refractivity contribution in [2.45, 2.75) is 38.5 Å². The van der Waals surface area contributed by atoms with Gasteiger partial charge in [0.2, 0.25) is 5.91 Å². The molecule has 5 heteroatoms. The van der Waals surface area contributed by atoms with Gasteiger partial charge in [-0.05, 0) is 25.7 Å². The lowest BCUT2D eigenvalue weighted by molar-refractivity contribution is -0.154. The molecule has 1 aliphatic heterocycles. The molecule has 102 valence electrons. The Morgan fingerprint density at radius 2 is 1.83 bits per heavy atom. The van der Waals surface area contributed by atoms with E-state index in [1.165, 1.54) is 0 Å². The number of carboxylic acid groups (broad SMARTS) is 1. The molecule has 2 rings (SSSR count). The smallest absolute Gasteiger partial charge is 0.311 e. The SMILES string of the molecule is O=C(NCC1(C(=O)O)CCOCC1)C1CCCC1. The van der Waals surface area contributed by atoms with Crippen molar-refractivity contribution in [3.05, 3.63) is 0 Å². The Kier molecular flexibility index (Phi) is 4.22. The van der Waals surface area contributed by atoms with Crippen molar-refractivity contribution in [2.24, 2.45) is 11.3 Å². The summed E-state index contributed by atoms with van der Waals surface area (Å²) in [5.74, 6) is -0.701. The summed E-state index contributed by atoms with van der Waals surface area (Å²) in [5.41, 5.74) is -0.827. The number of carbonyl (C=O) groups excluding carboxylic acids is 1. The number of carbonyl (C=O) groups is 2. The summed E-state index contributed by atoms with van der Waals surface area (Å²) in [6, 6.07) is 0. The molecule has 1 amide bonds. The average Bonchev–Trinajstić information content (AvgIpc) is 2.91. The third-order valence-corrected chi connectivity index (χ3v) is 4.23. The fourth-order valence-corrected chi connectivity index (χ4v) is 2.82. The highest BCUT2D eigenvalue weighted by Gasteiger charge is 2.40. The molecule has 0 unspecified atom stereocenters. The Bertz CT molecular complexity index is 317. The van der Waals surface area contributed by atoms with Crippen molar-refractivity contribution in [3.63, 3.8) is 0 Å². The fourth-order valence-electron chi connectivity index (χ4n) is 2.82. The maximum atomic E-state index is 11.9. The first-order valence-electron chi connectivity index (χ1n) is 6.73. The van der Waals surface area contributed by atoms with Crippen LogP contribution in [0, 0.1) is 11.3 Å². The van der Waals surface area contributed by atoms with E-state index in [-0.39, 0.29) is 18.4 Å². The van der Waals surface area contributed by atoms with Gasteiger partial charge in [0.25, 0.3) is 0 Å². The first kappa shape index (κ1) is 13.3. The second-order valence-corrected chi connectivity index (χ2v) is 5.40. The quantitative estimate of drug-likeness (QED) is 0.790. The van der Waals surface area contributed by atoms with Gasteiger partial charge in [0.15, 0.2) is 0 Å². The van der Waals surface area contributed by atoms with E-state index in [1.54, 1.807) is 0 Å². The summed E-state index contributed by atoms with van der Waals surface area (Å²) < 4.78 is 5.21. The van der Waals surface area contributed by atoms with Crippen molar-refractivity contribution >= 4 is 11.9 Å². The van der Waals surface area contributed by atoms with E-state index in [2.05, 4.69) is 5.32 Å². The third-order valence-electron chi connectivity index (χ3n) is 4.23. The average molecular weight is 255 g/mol. The Labute approximate surface area is 107 Å². The van der Waals surface area contributed by atoms with Crippen LogP contribution in [0.25, 0.3) is 0 Å². The van der Waals surface area contributed by atoms with Crippen LogP contribution in [-0.4, -0.2) is 36.7 Å². The minimum atomic E-state index is -0.827. The number of hydrogen-bond acceptors (Lipinski definition) is 3. The number of nitrogens with one attached hydrogen (secondary N) is 1. The standard InChI is InChI=1S/C13H21NO4/c15-11(10-3-1-2-4-10)14-9-13(12(16)17)5-7-18-8-6-13/h10H,1-9H2,(H,14,15)(H,16,17). The van der Waals surface area contributed by atoms with E-state index in [0.717, 1.165) is 25.7 Å². The topological polar surface area (TPSA) is 75.6 Å². The molecule has 1 saturated carbocycles. The highest BCUT2D eigenvalue weighted by molar-refractivity contribution is 5.81. The molecule has 0 atom stereocenters. The molecule has 0 radical (unpaired) electrons. The van der Waals surface area contributed by atoms with E-state index in [4.69, 9.17) is 4.74 Å². The van der Waals surface area contributed by atoms with Crippen LogP contribution in [0.4, 0.5) is 0 Å². The van der Waals surface area contributed by atoms with E-state index in [9.17, 15) is 14.7 Å². The predicted molar refractivity (Wildman–Crippen MR) is 65.1 cm³/mol. The Morgan fingerprint density at radius 3 is 2.39 bits per heavy atom. The van der Waals surface area contributed by atoms with Crippen molar-refractivity contribution in [3.8, 4) is 0 Å². The highest BCUT2D eigenvalue weighted by atomic mass is 16.5. The summed E-state index contributed by atoms with van der Waals surface area (Å²) in [6.45, 7) is 1.16. The molecular weight excluding hydrogens is 234 g/mol. The van der Waals surface area contributed by atoms with Crippen LogP contribution in [0.5, 0.6) is 0 Å². The zero-order valence-electron chi connectivity index (χ0n) is 10.6. The lowest BCUT2D eigenvalue weighted by atomic mass is 9.80. The zero-order valence-corrected chi connectivity index (χ0v) is 10.6. The van der Waals surface area contributed by atoms with Gasteiger partial charge in [-0.1, -0.05) is 12.8 Å². The molecule has 2 fully saturated rings. The van der Waals surface area contributed by atoms with Crippen molar-refractivity contribution in [2.75, 3.05) is 19.8 Å². The summed E-state index contributed by atoms with van der Waals surface area (Å²) >= 11 is 0. The van der Waals surface area contributed by atoms with Crippen molar-refractivity contribution in [1.82, 2.24) is 5.32 Å². The van der Waals surface area contributed by atoms with Crippen LogP contribution in [0.2, 0.25) is 0 Å². The minimum Gasteiger partial charge on any atom is -0.481 e. The first-order valence-corrected chi connectivity index (χ1v) is 6.73. The fraction of sp³-hybridized carbons (Fsp3) is 0.846. The number of carboxylic acids is 1. The van der Waals surface area contributed by atoms with Gasteiger partial charge in [-0.25, -0.2) is 0 Å². The Morgan fingerprint density at radius 1 is 1.22 bits per heavy atom. The molecule has 0 aromatic carbocycles. The molecule has 0 aromatic heterocycles. The maximum Gasteiger partial charge on any atom is 0.311 e. The number of ether oxygens (including phenoxy) is 1. The monoisotopic (exact) mass is 255 g/mol. The maximum absolute atomic E-state index is 11.9. The molecule has 5 nitrogen and oxygen atoms in total. The van der Waals surface area contributed by atoms with E-state index >= 15 is 0 Å². The number of rotatable bonds is 4. The summed E-state index contributed by atoms with van der Waals surface area (Å²) in [4.78, 5) is 23.3. The van der Waals surface area contributed by atoms with Crippen LogP contribution in [0.15, 0.2) is 0 Å². The van der Waals surface area contributed by atoms with Gasteiger partial charge >= 0.3 is 5.97 Å². The highest BCUT2D eigenvalue weighted by Crippen LogP contribution is 2.31. The van der Waals surface area contributed by atoms with E-state index in [1.807, 2.05) is 0 Å². The van der Waals surface area contributed by atoms with Gasteiger partial charge in [-0.2, -0.15) is 0 Å². The second-order valence-electron chi connectivity index (χ2n) is 5.40. The molecule has 0 aromatic rings. The Balaban J connectivity index is 1.89. The number of aliphatic carboxylic acids is 1. The summed E-state index contributed by atoms with van der Waals surface area (Å²) in [7, 11) is 0. The van der Waals surface area contributed by atoms with Crippen LogP contribution in [0.3, 0.4) is 0 Å². The van der Waals surface area contributed by atoms with Crippen molar-refractivity contribution in [1.29, 1.82) is 0 Å². The van der Waals surface area contributed by atoms with Crippen LogP contribution in [-0.2, 0) is 14.3 Å². The molecule has 0 bridgehead atoms. The van der Waals surface area contributed by atoms with E-state index < -0.39 is 11.4 Å². The number of amides is 1. The van der Waals surface area contributed by atoms with Gasteiger partial charge in [-0.15, -0.1) is 0 Å². The molecule has 2 aliphatic rings. The normalized spacial score (nSPS) is 23.8. The first-order chi connectivity index (χ1) is 8.64. The molecule has 0 spiro atoms. The summed E-state index contributed by atoms with van der Waals surface area (Å²) in [5, 5.41) is 12.2. The van der Waals surface area contributed by atoms with Gasteiger partial charge < -0.3 is 15.2 Å². The van der Waals surface area contributed by atoms with Crippen LogP contribution in [0.1, 0.15) is 38.5 Å². The van der Waals surface area contributed by atoms with E-state index in [0.29, 0.717) is 26.1 Å². The number of hydrogen-bond donors (Lipinski definition) is 2. The van der Waals surface area contributed by atoms with Gasteiger partial charge in [0, 0.05) is 25.7 Å². The third kappa shape index (κ3) is 2.83. The molecule has 1 aliphatic carbocycles.